The molecule has 0 N–H and O–H groups in total. The molecule has 0 spiro atoms. The van der Waals surface area contributed by atoms with Gasteiger partial charge in [-0.25, -0.2) is 4.39 Å². The summed E-state index contributed by atoms with van der Waals surface area (Å²) in [6.45, 7) is 0. The molecule has 0 heterocycles. The molecule has 0 saturated carbocycles. The van der Waals surface area contributed by atoms with Gasteiger partial charge in [0.05, 0.1) is 16.0 Å². The van der Waals surface area contributed by atoms with Crippen molar-refractivity contribution in [2.45, 2.75) is 11.1 Å². The van der Waals surface area contributed by atoms with Crippen LogP contribution >= 0.6 is 11.8 Å². The fourth-order valence-corrected chi connectivity index (χ4v) is 1.79. The van der Waals surface area contributed by atoms with Crippen LogP contribution in [0.15, 0.2) is 17.0 Å². The number of halogens is 4. The van der Waals surface area contributed by atoms with E-state index in [1.54, 1.807) is 0 Å². The standard InChI is InChI=1S/C9H6F4OS/c1-15-8-6(9(11,12)13)3-2-5(4-14)7(8)10/h2-4H,1H3. The van der Waals surface area contributed by atoms with E-state index >= 15 is 0 Å². The molecule has 0 amide bonds. The number of hydrogen-bond donors (Lipinski definition) is 0. The normalized spacial score (nSPS) is 11.5. The van der Waals surface area contributed by atoms with Crippen LogP contribution in [0.5, 0.6) is 0 Å². The minimum Gasteiger partial charge on any atom is -0.298 e. The second-order valence-electron chi connectivity index (χ2n) is 2.67. The molecule has 1 rings (SSSR count). The molecular formula is C9H6F4OS. The largest absolute Gasteiger partial charge is 0.417 e. The van der Waals surface area contributed by atoms with Gasteiger partial charge in [0.15, 0.2) is 6.29 Å². The van der Waals surface area contributed by atoms with Gasteiger partial charge in [-0.05, 0) is 18.4 Å². The van der Waals surface area contributed by atoms with E-state index in [4.69, 9.17) is 0 Å². The molecule has 6 heteroatoms. The first-order valence-corrected chi connectivity index (χ1v) is 5.03. The van der Waals surface area contributed by atoms with Crippen molar-refractivity contribution in [3.8, 4) is 0 Å². The van der Waals surface area contributed by atoms with Crippen LogP contribution < -0.4 is 0 Å². The number of hydrogen-bond acceptors (Lipinski definition) is 2. The smallest absolute Gasteiger partial charge is 0.298 e. The molecule has 0 aromatic heterocycles. The first kappa shape index (κ1) is 12.0. The summed E-state index contributed by atoms with van der Waals surface area (Å²) in [6, 6.07) is 1.53. The fraction of sp³-hybridized carbons (Fsp3) is 0.222. The molecule has 0 saturated heterocycles. The maximum Gasteiger partial charge on any atom is 0.417 e. The van der Waals surface area contributed by atoms with Crippen molar-refractivity contribution >= 4 is 18.0 Å². The Kier molecular flexibility index (Phi) is 3.38. The van der Waals surface area contributed by atoms with E-state index in [-0.39, 0.29) is 11.8 Å². The highest BCUT2D eigenvalue weighted by molar-refractivity contribution is 7.98. The summed E-state index contributed by atoms with van der Waals surface area (Å²) in [4.78, 5) is 9.78. The third-order valence-electron chi connectivity index (χ3n) is 1.76. The van der Waals surface area contributed by atoms with Crippen LogP contribution in [0.4, 0.5) is 17.6 Å². The molecule has 15 heavy (non-hydrogen) atoms. The second-order valence-corrected chi connectivity index (χ2v) is 3.48. The summed E-state index contributed by atoms with van der Waals surface area (Å²) in [5.74, 6) is -1.12. The van der Waals surface area contributed by atoms with Gasteiger partial charge < -0.3 is 0 Å². The fourth-order valence-electron chi connectivity index (χ4n) is 1.09. The zero-order valence-corrected chi connectivity index (χ0v) is 8.38. The van der Waals surface area contributed by atoms with E-state index < -0.39 is 22.5 Å². The van der Waals surface area contributed by atoms with Gasteiger partial charge in [-0.1, -0.05) is 0 Å². The molecule has 0 aliphatic rings. The average Bonchev–Trinajstić information content (AvgIpc) is 2.15. The molecule has 1 aromatic rings. The zero-order chi connectivity index (χ0) is 11.6. The third-order valence-corrected chi connectivity index (χ3v) is 2.57. The van der Waals surface area contributed by atoms with E-state index in [1.807, 2.05) is 0 Å². The van der Waals surface area contributed by atoms with E-state index in [1.165, 1.54) is 6.26 Å². The Balaban J connectivity index is 3.44. The number of benzene rings is 1. The molecule has 0 unspecified atom stereocenters. The topological polar surface area (TPSA) is 17.1 Å². The van der Waals surface area contributed by atoms with Crippen molar-refractivity contribution in [1.82, 2.24) is 0 Å². The second kappa shape index (κ2) is 4.22. The van der Waals surface area contributed by atoms with E-state index in [9.17, 15) is 22.4 Å². The Bertz CT molecular complexity index is 386. The minimum atomic E-state index is -4.61. The predicted molar refractivity (Wildman–Crippen MR) is 48.6 cm³/mol. The molecule has 1 aromatic carbocycles. The van der Waals surface area contributed by atoms with Gasteiger partial charge in [-0.3, -0.25) is 4.79 Å². The summed E-state index contributed by atoms with van der Waals surface area (Å²) in [5.41, 5.74) is -1.43. The Morgan fingerprint density at radius 3 is 2.33 bits per heavy atom. The number of thioether (sulfide) groups is 1. The van der Waals surface area contributed by atoms with E-state index in [0.29, 0.717) is 17.8 Å². The molecule has 0 atom stereocenters. The first-order valence-electron chi connectivity index (χ1n) is 3.80. The van der Waals surface area contributed by atoms with Crippen LogP contribution in [0, 0.1) is 5.82 Å². The number of carbonyl (C=O) groups is 1. The van der Waals surface area contributed by atoms with Gasteiger partial charge in [0.1, 0.15) is 5.82 Å². The summed E-state index contributed by atoms with van der Waals surface area (Å²) >= 11 is 0.625. The predicted octanol–water partition coefficient (Wildman–Crippen LogP) is 3.38. The third kappa shape index (κ3) is 2.31. The summed E-state index contributed by atoms with van der Waals surface area (Å²) in [5, 5.41) is 0. The molecular weight excluding hydrogens is 232 g/mol. The highest BCUT2D eigenvalue weighted by Crippen LogP contribution is 2.37. The van der Waals surface area contributed by atoms with Gasteiger partial charge in [0.25, 0.3) is 0 Å². The Hall–Kier alpha value is -1.04. The van der Waals surface area contributed by atoms with Crippen LogP contribution in [-0.2, 0) is 6.18 Å². The van der Waals surface area contributed by atoms with Gasteiger partial charge in [0.2, 0.25) is 0 Å². The van der Waals surface area contributed by atoms with Crippen LogP contribution in [-0.4, -0.2) is 12.5 Å². The molecule has 0 bridgehead atoms. The lowest BCUT2D eigenvalue weighted by molar-refractivity contribution is -0.140. The molecule has 0 radical (unpaired) electrons. The van der Waals surface area contributed by atoms with Gasteiger partial charge in [0, 0.05) is 0 Å². The molecule has 1 nitrogen and oxygen atoms in total. The highest BCUT2D eigenvalue weighted by Gasteiger charge is 2.35. The van der Waals surface area contributed by atoms with Crippen molar-refractivity contribution in [3.63, 3.8) is 0 Å². The Morgan fingerprint density at radius 2 is 1.93 bits per heavy atom. The first-order chi connectivity index (χ1) is 6.91. The zero-order valence-electron chi connectivity index (χ0n) is 7.56. The Morgan fingerprint density at radius 1 is 1.33 bits per heavy atom. The lowest BCUT2D eigenvalue weighted by Gasteiger charge is -2.12. The number of alkyl halides is 3. The highest BCUT2D eigenvalue weighted by atomic mass is 32.2. The minimum absolute atomic E-state index is 0.190. The maximum absolute atomic E-state index is 13.3. The van der Waals surface area contributed by atoms with Crippen molar-refractivity contribution in [3.05, 3.63) is 29.1 Å². The van der Waals surface area contributed by atoms with Gasteiger partial charge in [-0.2, -0.15) is 13.2 Å². The summed E-state index contributed by atoms with van der Waals surface area (Å²) in [6.07, 6.45) is -3.10. The van der Waals surface area contributed by atoms with Crippen molar-refractivity contribution < 1.29 is 22.4 Å². The number of carbonyl (C=O) groups excluding carboxylic acids is 1. The Labute approximate surface area is 87.5 Å². The molecule has 0 fully saturated rings. The van der Waals surface area contributed by atoms with Crippen LogP contribution in [0.1, 0.15) is 15.9 Å². The SMILES string of the molecule is CSc1c(C(F)(F)F)ccc(C=O)c1F. The quantitative estimate of drug-likeness (QED) is 0.446. The van der Waals surface area contributed by atoms with Crippen LogP contribution in [0.25, 0.3) is 0 Å². The summed E-state index contributed by atoms with van der Waals surface area (Å²) < 4.78 is 50.5. The lowest BCUT2D eigenvalue weighted by Crippen LogP contribution is -2.09. The molecule has 82 valence electrons. The van der Waals surface area contributed by atoms with Crippen molar-refractivity contribution in [2.24, 2.45) is 0 Å². The van der Waals surface area contributed by atoms with Crippen molar-refractivity contribution in [2.75, 3.05) is 6.26 Å². The number of aldehydes is 1. The average molecular weight is 238 g/mol. The van der Waals surface area contributed by atoms with E-state index in [2.05, 4.69) is 0 Å². The summed E-state index contributed by atoms with van der Waals surface area (Å²) in [7, 11) is 0. The van der Waals surface area contributed by atoms with Crippen LogP contribution in [0.3, 0.4) is 0 Å². The van der Waals surface area contributed by atoms with E-state index in [0.717, 1.165) is 6.07 Å². The molecule has 0 aliphatic heterocycles. The maximum atomic E-state index is 13.3. The monoisotopic (exact) mass is 238 g/mol. The molecule has 0 aliphatic carbocycles. The number of rotatable bonds is 2. The van der Waals surface area contributed by atoms with Gasteiger partial charge in [-0.15, -0.1) is 11.8 Å². The lowest BCUT2D eigenvalue weighted by atomic mass is 10.1. The van der Waals surface area contributed by atoms with Crippen LogP contribution in [0.2, 0.25) is 0 Å². The van der Waals surface area contributed by atoms with Crippen molar-refractivity contribution in [1.29, 1.82) is 0 Å². The van der Waals surface area contributed by atoms with Gasteiger partial charge >= 0.3 is 6.18 Å².